The van der Waals surface area contributed by atoms with Crippen molar-refractivity contribution in [2.24, 2.45) is 5.92 Å². The van der Waals surface area contributed by atoms with Crippen LogP contribution in [0.5, 0.6) is 0 Å². The van der Waals surface area contributed by atoms with Gasteiger partial charge < -0.3 is 10.4 Å². The number of hydrogen-bond acceptors (Lipinski definition) is 2. The van der Waals surface area contributed by atoms with Crippen LogP contribution in [-0.2, 0) is 9.59 Å². The van der Waals surface area contributed by atoms with Crippen LogP contribution in [0.2, 0.25) is 0 Å². The van der Waals surface area contributed by atoms with E-state index in [2.05, 4.69) is 12.2 Å². The van der Waals surface area contributed by atoms with Crippen LogP contribution in [0.4, 0.5) is 0 Å². The Morgan fingerprint density at radius 2 is 2.20 bits per heavy atom. The maximum atomic E-state index is 11.1. The van der Waals surface area contributed by atoms with Gasteiger partial charge in [-0.1, -0.05) is 19.8 Å². The van der Waals surface area contributed by atoms with Gasteiger partial charge in [0, 0.05) is 18.9 Å². The molecule has 1 fully saturated rings. The normalized spacial score (nSPS) is 25.3. The summed E-state index contributed by atoms with van der Waals surface area (Å²) in [5.41, 5.74) is 0. The highest BCUT2D eigenvalue weighted by Crippen LogP contribution is 2.20. The lowest BCUT2D eigenvalue weighted by Gasteiger charge is -2.14. The van der Waals surface area contributed by atoms with E-state index in [4.69, 9.17) is 5.11 Å². The van der Waals surface area contributed by atoms with Crippen LogP contribution in [0.25, 0.3) is 0 Å². The topological polar surface area (TPSA) is 66.4 Å². The van der Waals surface area contributed by atoms with E-state index in [1.807, 2.05) is 0 Å². The summed E-state index contributed by atoms with van der Waals surface area (Å²) in [4.78, 5) is 21.3. The fourth-order valence-corrected chi connectivity index (χ4v) is 2.02. The van der Waals surface area contributed by atoms with Gasteiger partial charge in [-0.25, -0.2) is 0 Å². The molecule has 0 aromatic carbocycles. The molecule has 0 unspecified atom stereocenters. The van der Waals surface area contributed by atoms with Gasteiger partial charge in [0.2, 0.25) is 5.91 Å². The monoisotopic (exact) mass is 213 g/mol. The molecule has 0 aliphatic carbocycles. The third-order valence-corrected chi connectivity index (χ3v) is 2.95. The average Bonchev–Trinajstić information content (AvgIpc) is 2.44. The van der Waals surface area contributed by atoms with Crippen LogP contribution < -0.4 is 5.32 Å². The molecule has 1 rings (SSSR count). The van der Waals surface area contributed by atoms with Crippen molar-refractivity contribution in [3.8, 4) is 0 Å². The molecule has 1 aliphatic heterocycles. The summed E-state index contributed by atoms with van der Waals surface area (Å²) in [7, 11) is 0. The first kappa shape index (κ1) is 12.0. The second kappa shape index (κ2) is 5.73. The molecule has 0 spiro atoms. The molecule has 4 nitrogen and oxygen atoms in total. The van der Waals surface area contributed by atoms with Crippen molar-refractivity contribution >= 4 is 11.9 Å². The molecule has 0 bridgehead atoms. The van der Waals surface area contributed by atoms with Gasteiger partial charge in [0.15, 0.2) is 0 Å². The Hall–Kier alpha value is -1.06. The zero-order chi connectivity index (χ0) is 11.3. The molecule has 86 valence electrons. The van der Waals surface area contributed by atoms with Crippen molar-refractivity contribution in [3.05, 3.63) is 0 Å². The molecule has 15 heavy (non-hydrogen) atoms. The van der Waals surface area contributed by atoms with Crippen molar-refractivity contribution in [2.45, 2.75) is 51.5 Å². The zero-order valence-corrected chi connectivity index (χ0v) is 9.16. The fourth-order valence-electron chi connectivity index (χ4n) is 2.02. The van der Waals surface area contributed by atoms with E-state index in [9.17, 15) is 9.59 Å². The van der Waals surface area contributed by atoms with E-state index in [0.717, 1.165) is 25.7 Å². The summed E-state index contributed by atoms with van der Waals surface area (Å²) >= 11 is 0. The van der Waals surface area contributed by atoms with E-state index in [1.54, 1.807) is 0 Å². The maximum absolute atomic E-state index is 11.1. The van der Waals surface area contributed by atoms with E-state index >= 15 is 0 Å². The van der Waals surface area contributed by atoms with E-state index in [0.29, 0.717) is 18.4 Å². The highest BCUT2D eigenvalue weighted by molar-refractivity contribution is 5.78. The molecule has 1 heterocycles. The molecule has 2 N–H and O–H groups in total. The van der Waals surface area contributed by atoms with Crippen molar-refractivity contribution in [2.75, 3.05) is 0 Å². The number of unbranched alkanes of at least 4 members (excludes halogenated alkanes) is 2. The van der Waals surface area contributed by atoms with Gasteiger partial charge in [0.25, 0.3) is 0 Å². The average molecular weight is 213 g/mol. The smallest absolute Gasteiger partial charge is 0.303 e. The Labute approximate surface area is 90.0 Å². The van der Waals surface area contributed by atoms with Gasteiger partial charge >= 0.3 is 5.97 Å². The fraction of sp³-hybridized carbons (Fsp3) is 0.818. The lowest BCUT2D eigenvalue weighted by Crippen LogP contribution is -2.27. The van der Waals surface area contributed by atoms with Crippen molar-refractivity contribution in [1.82, 2.24) is 5.32 Å². The molecule has 0 aromatic rings. The summed E-state index contributed by atoms with van der Waals surface area (Å²) in [5, 5.41) is 11.4. The molecule has 1 aliphatic rings. The number of carboxylic acid groups (broad SMARTS) is 1. The Morgan fingerprint density at radius 3 is 2.73 bits per heavy atom. The number of nitrogens with one attached hydrogen (secondary N) is 1. The molecule has 0 aromatic heterocycles. The van der Waals surface area contributed by atoms with Crippen LogP contribution in [-0.4, -0.2) is 23.0 Å². The maximum Gasteiger partial charge on any atom is 0.303 e. The molecular formula is C11H19NO3. The first-order chi connectivity index (χ1) is 7.09. The first-order valence-corrected chi connectivity index (χ1v) is 5.60. The third-order valence-electron chi connectivity index (χ3n) is 2.95. The van der Waals surface area contributed by atoms with E-state index in [1.165, 1.54) is 0 Å². The molecule has 0 radical (unpaired) electrons. The van der Waals surface area contributed by atoms with E-state index < -0.39 is 5.97 Å². The van der Waals surface area contributed by atoms with Crippen molar-refractivity contribution in [3.63, 3.8) is 0 Å². The van der Waals surface area contributed by atoms with Crippen LogP contribution in [0.1, 0.15) is 45.4 Å². The molecule has 1 saturated heterocycles. The minimum atomic E-state index is -0.725. The number of hydrogen-bond donors (Lipinski definition) is 2. The van der Waals surface area contributed by atoms with E-state index in [-0.39, 0.29) is 12.3 Å². The van der Waals surface area contributed by atoms with Gasteiger partial charge in [-0.15, -0.1) is 0 Å². The molecule has 4 heteroatoms. The summed E-state index contributed by atoms with van der Waals surface area (Å²) in [5.74, 6) is -0.146. The number of amides is 1. The Bertz CT molecular complexity index is 240. The third kappa shape index (κ3) is 4.32. The summed E-state index contributed by atoms with van der Waals surface area (Å²) in [6.45, 7) is 2.08. The molecular weight excluding hydrogens is 194 g/mol. The van der Waals surface area contributed by atoms with Gasteiger partial charge in [-0.05, 0) is 18.8 Å². The predicted octanol–water partition coefficient (Wildman–Crippen LogP) is 1.55. The Kier molecular flexibility index (Phi) is 4.59. The second-order valence-corrected chi connectivity index (χ2v) is 4.35. The molecule has 0 saturated carbocycles. The molecule has 1 amide bonds. The highest BCUT2D eigenvalue weighted by Gasteiger charge is 2.27. The minimum absolute atomic E-state index is 0.151. The van der Waals surface area contributed by atoms with Gasteiger partial charge in [0.1, 0.15) is 0 Å². The number of carboxylic acids is 1. The second-order valence-electron chi connectivity index (χ2n) is 4.35. The number of aliphatic carboxylic acids is 1. The van der Waals surface area contributed by atoms with Crippen molar-refractivity contribution < 1.29 is 14.7 Å². The summed E-state index contributed by atoms with van der Waals surface area (Å²) < 4.78 is 0. The molecule has 2 atom stereocenters. The zero-order valence-electron chi connectivity index (χ0n) is 9.16. The van der Waals surface area contributed by atoms with Gasteiger partial charge in [0.05, 0.1) is 0 Å². The van der Waals surface area contributed by atoms with Gasteiger partial charge in [-0.2, -0.15) is 0 Å². The van der Waals surface area contributed by atoms with Crippen LogP contribution in [0.3, 0.4) is 0 Å². The number of rotatable bonds is 6. The largest absolute Gasteiger partial charge is 0.481 e. The predicted molar refractivity (Wildman–Crippen MR) is 56.4 cm³/mol. The Balaban J connectivity index is 2.05. The number of carbonyl (C=O) groups excluding carboxylic acids is 1. The van der Waals surface area contributed by atoms with Crippen molar-refractivity contribution in [1.29, 1.82) is 0 Å². The Morgan fingerprint density at radius 1 is 1.47 bits per heavy atom. The summed E-state index contributed by atoms with van der Waals surface area (Å²) in [6, 6.07) is 0.308. The summed E-state index contributed by atoms with van der Waals surface area (Å²) in [6.07, 6.45) is 4.55. The minimum Gasteiger partial charge on any atom is -0.481 e. The van der Waals surface area contributed by atoms with Crippen LogP contribution >= 0.6 is 0 Å². The number of carbonyl (C=O) groups is 2. The first-order valence-electron chi connectivity index (χ1n) is 5.60. The lowest BCUT2D eigenvalue weighted by atomic mass is 9.97. The lowest BCUT2D eigenvalue weighted by molar-refractivity contribution is -0.137. The van der Waals surface area contributed by atoms with Crippen LogP contribution in [0.15, 0.2) is 0 Å². The van der Waals surface area contributed by atoms with Gasteiger partial charge in [-0.3, -0.25) is 9.59 Å². The highest BCUT2D eigenvalue weighted by atomic mass is 16.4. The SMILES string of the molecule is C[C@@H]1CC(=O)N[C@@H]1CCCCCC(=O)O. The quantitative estimate of drug-likeness (QED) is 0.658. The standard InChI is InChI=1S/C11H19NO3/c1-8-7-10(13)12-9(8)5-3-2-4-6-11(14)15/h8-9H,2-7H2,1H3,(H,12,13)(H,14,15)/t8-,9-/m1/s1. The van der Waals surface area contributed by atoms with Crippen LogP contribution in [0, 0.1) is 5.92 Å².